The number of rotatable bonds is 14. The second kappa shape index (κ2) is 19.1. The van der Waals surface area contributed by atoms with Crippen LogP contribution < -0.4 is 0 Å². The maximum Gasteiger partial charge on any atom is 0.442 e. The molecule has 0 bridgehead atoms. The number of hydrogen-bond donors (Lipinski definition) is 0. The lowest BCUT2D eigenvalue weighted by Crippen LogP contribution is -2.54. The first kappa shape index (κ1) is 39.1. The molecule has 0 aromatic heterocycles. The second-order valence-electron chi connectivity index (χ2n) is 13.3. The minimum Gasteiger partial charge on any atom is -0.342 e. The highest BCUT2D eigenvalue weighted by atomic mass is 32.2. The summed E-state index contributed by atoms with van der Waals surface area (Å²) in [6.07, 6.45) is 7.04. The molecule has 0 atom stereocenters. The van der Waals surface area contributed by atoms with E-state index in [1.807, 2.05) is 24.3 Å². The molecule has 2 aromatic carbocycles. The van der Waals surface area contributed by atoms with Gasteiger partial charge in [-0.15, -0.1) is 13.2 Å². The Morgan fingerprint density at radius 1 is 0.618 bits per heavy atom. The van der Waals surface area contributed by atoms with Crippen LogP contribution in [0.3, 0.4) is 0 Å². The summed E-state index contributed by atoms with van der Waals surface area (Å²) in [5.41, 5.74) is 1.05. The molecule has 0 N–H and O–H groups in total. The van der Waals surface area contributed by atoms with Gasteiger partial charge in [-0.05, 0) is 87.1 Å². The maximum absolute atomic E-state index is 13.5. The van der Waals surface area contributed by atoms with Crippen molar-refractivity contribution in [1.82, 2.24) is 19.6 Å². The molecule has 55 heavy (non-hydrogen) atoms. The second-order valence-corrected chi connectivity index (χ2v) is 14.5. The fourth-order valence-corrected chi connectivity index (χ4v) is 7.40. The molecule has 2 fully saturated rings. The summed E-state index contributed by atoms with van der Waals surface area (Å²) in [6, 6.07) is 14.1. The first-order chi connectivity index (χ1) is 26.9. The van der Waals surface area contributed by atoms with Crippen molar-refractivity contribution >= 4 is 58.9 Å². The van der Waals surface area contributed by atoms with E-state index in [4.69, 9.17) is 9.68 Å². The van der Waals surface area contributed by atoms with Gasteiger partial charge in [0.25, 0.3) is 0 Å². The quantitative estimate of drug-likeness (QED) is 0.0677. The number of Topliss-reactive ketones (excluding diaryl/α,β-unsaturated/α-hetero) is 2. The van der Waals surface area contributed by atoms with E-state index in [1.54, 1.807) is 36.4 Å². The largest absolute Gasteiger partial charge is 0.442 e. The Labute approximate surface area is 325 Å². The Morgan fingerprint density at radius 2 is 1.02 bits per heavy atom. The van der Waals surface area contributed by atoms with Crippen LogP contribution in [-0.4, -0.2) is 119 Å². The molecule has 14 nitrogen and oxygen atoms in total. The highest BCUT2D eigenvalue weighted by Gasteiger charge is 2.33. The van der Waals surface area contributed by atoms with Gasteiger partial charge < -0.3 is 9.80 Å². The third-order valence-corrected chi connectivity index (χ3v) is 10.4. The Bertz CT molecular complexity index is 1760. The van der Waals surface area contributed by atoms with Crippen molar-refractivity contribution in [3.8, 4) is 0 Å². The van der Waals surface area contributed by atoms with E-state index >= 15 is 0 Å². The molecular formula is C40H46N8O6S. The predicted molar refractivity (Wildman–Crippen MR) is 212 cm³/mol. The van der Waals surface area contributed by atoms with Crippen molar-refractivity contribution < 1.29 is 28.9 Å². The zero-order chi connectivity index (χ0) is 38.6. The molecule has 4 heterocycles. The Balaban J connectivity index is 1.07. The Morgan fingerprint density at radius 3 is 1.42 bits per heavy atom. The van der Waals surface area contributed by atoms with Crippen LogP contribution in [-0.2, 0) is 9.68 Å². The van der Waals surface area contributed by atoms with Crippen molar-refractivity contribution in [1.29, 1.82) is 0 Å². The molecule has 4 aliphatic rings. The lowest BCUT2D eigenvalue weighted by Gasteiger charge is -2.38. The fourth-order valence-electron chi connectivity index (χ4n) is 6.59. The van der Waals surface area contributed by atoms with Gasteiger partial charge in [-0.25, -0.2) is 19.4 Å². The summed E-state index contributed by atoms with van der Waals surface area (Å²) in [6.45, 7) is 13.1. The standard InChI is InChI=1S/C40H46N8O6S/c1-3-5-11-33(43-53-39(51)47-27-9-25-45-23-7-21-41-37(45)47)35(49)29-13-17-31(18-14-29)55-32-19-15-30(16-20-32)36(50)34(12-6-4-2)44-54-40(52)48-28-10-26-46-24-8-22-42-38(46)48/h3-4,13-20H,1-2,5-12,21-28H2/b43-33+,44-34+. The van der Waals surface area contributed by atoms with Crippen LogP contribution in [0.5, 0.6) is 0 Å². The number of nitrogens with zero attached hydrogens (tertiary/aromatic N) is 8. The zero-order valence-electron chi connectivity index (χ0n) is 30.9. The van der Waals surface area contributed by atoms with Crippen molar-refractivity contribution in [2.24, 2.45) is 20.3 Å². The smallest absolute Gasteiger partial charge is 0.342 e. The number of carbonyl (C=O) groups is 4. The molecular weight excluding hydrogens is 721 g/mol. The van der Waals surface area contributed by atoms with Crippen LogP contribution >= 0.6 is 11.8 Å². The number of hydrogen-bond acceptors (Lipinski definition) is 13. The van der Waals surface area contributed by atoms with Gasteiger partial charge in [-0.1, -0.05) is 34.2 Å². The van der Waals surface area contributed by atoms with E-state index in [0.29, 0.717) is 62.1 Å². The molecule has 2 amide bonds. The number of ketones is 2. The van der Waals surface area contributed by atoms with E-state index in [1.165, 1.54) is 21.6 Å². The summed E-state index contributed by atoms with van der Waals surface area (Å²) in [5.74, 6) is 0.520. The van der Waals surface area contributed by atoms with Crippen LogP contribution in [0.4, 0.5) is 9.59 Å². The van der Waals surface area contributed by atoms with E-state index in [-0.39, 0.29) is 35.8 Å². The first-order valence-electron chi connectivity index (χ1n) is 18.7. The molecule has 288 valence electrons. The lowest BCUT2D eigenvalue weighted by atomic mass is 10.0. The average Bonchev–Trinajstić information content (AvgIpc) is 3.23. The number of benzene rings is 2. The molecule has 2 aromatic rings. The van der Waals surface area contributed by atoms with Crippen LogP contribution in [0.2, 0.25) is 0 Å². The third kappa shape index (κ3) is 9.95. The average molecular weight is 767 g/mol. The number of fused-ring (bicyclic) bond motifs is 2. The molecule has 2 saturated heterocycles. The monoisotopic (exact) mass is 766 g/mol. The van der Waals surface area contributed by atoms with Crippen molar-refractivity contribution in [2.45, 2.75) is 61.2 Å². The number of oxime groups is 2. The van der Waals surface area contributed by atoms with Crippen LogP contribution in [0.25, 0.3) is 0 Å². The SMILES string of the molecule is C=CCC/C(=N\OC(=O)N1CCCN2CCCN=C21)C(=O)c1ccc(Sc2ccc(C(=O)/C(CCC=C)=N/OC(=O)N3CCCN4CCCN=C43)cc2)cc1. The van der Waals surface area contributed by atoms with E-state index in [2.05, 4.69) is 43.3 Å². The van der Waals surface area contributed by atoms with Crippen LogP contribution in [0.1, 0.15) is 72.1 Å². The third-order valence-electron chi connectivity index (χ3n) is 9.42. The number of amides is 2. The molecule has 0 radical (unpaired) electrons. The maximum atomic E-state index is 13.5. The molecule has 0 spiro atoms. The Hall–Kier alpha value is -5.57. The molecule has 15 heteroatoms. The van der Waals surface area contributed by atoms with E-state index in [0.717, 1.165) is 61.7 Å². The molecule has 6 rings (SSSR count). The predicted octanol–water partition coefficient (Wildman–Crippen LogP) is 6.66. The van der Waals surface area contributed by atoms with E-state index in [9.17, 15) is 19.2 Å². The van der Waals surface area contributed by atoms with Gasteiger partial charge in [0.15, 0.2) is 0 Å². The summed E-state index contributed by atoms with van der Waals surface area (Å²) in [7, 11) is 0. The minimum atomic E-state index is -0.656. The first-order valence-corrected chi connectivity index (χ1v) is 19.6. The van der Waals surface area contributed by atoms with E-state index < -0.39 is 12.2 Å². The van der Waals surface area contributed by atoms with Crippen LogP contribution in [0, 0.1) is 0 Å². The van der Waals surface area contributed by atoms with Gasteiger partial charge in [0.05, 0.1) is 0 Å². The summed E-state index contributed by atoms with van der Waals surface area (Å²) < 4.78 is 0. The van der Waals surface area contributed by atoms with Gasteiger partial charge in [0.2, 0.25) is 23.5 Å². The number of carbonyl (C=O) groups excluding carboxylic acids is 4. The van der Waals surface area contributed by atoms with Crippen LogP contribution in [0.15, 0.2) is 104 Å². The Kier molecular flexibility index (Phi) is 13.6. The van der Waals surface area contributed by atoms with Crippen molar-refractivity contribution in [3.05, 3.63) is 85.0 Å². The fraction of sp³-hybridized carbons (Fsp3) is 0.400. The highest BCUT2D eigenvalue weighted by Crippen LogP contribution is 2.29. The number of allylic oxidation sites excluding steroid dienone is 2. The molecule has 4 aliphatic heterocycles. The summed E-state index contributed by atoms with van der Waals surface area (Å²) >= 11 is 1.46. The molecule has 0 unspecified atom stereocenters. The number of aliphatic imine (C=N–C) groups is 2. The van der Waals surface area contributed by atoms with Gasteiger partial charge in [0.1, 0.15) is 11.4 Å². The minimum absolute atomic E-state index is 0.121. The van der Waals surface area contributed by atoms with Gasteiger partial charge >= 0.3 is 12.2 Å². The van der Waals surface area contributed by atoms with Crippen molar-refractivity contribution in [2.75, 3.05) is 52.4 Å². The summed E-state index contributed by atoms with van der Waals surface area (Å²) in [5, 5.41) is 8.05. The molecule has 0 saturated carbocycles. The van der Waals surface area contributed by atoms with Gasteiger partial charge in [0, 0.05) is 86.1 Å². The topological polar surface area (TPSA) is 149 Å². The highest BCUT2D eigenvalue weighted by molar-refractivity contribution is 7.99. The number of guanidine groups is 2. The van der Waals surface area contributed by atoms with Crippen molar-refractivity contribution in [3.63, 3.8) is 0 Å². The van der Waals surface area contributed by atoms with Gasteiger partial charge in [-0.2, -0.15) is 0 Å². The van der Waals surface area contributed by atoms with Gasteiger partial charge in [-0.3, -0.25) is 29.2 Å². The normalized spacial score (nSPS) is 17.3. The summed E-state index contributed by atoms with van der Waals surface area (Å²) in [4.78, 5) is 81.4. The lowest BCUT2D eigenvalue weighted by molar-refractivity contribution is 0.102. The zero-order valence-corrected chi connectivity index (χ0v) is 31.8. The molecule has 0 aliphatic carbocycles.